The smallest absolute Gasteiger partial charge is 0.433 e. The van der Waals surface area contributed by atoms with Crippen LogP contribution in [0.3, 0.4) is 0 Å². The maximum atomic E-state index is 14.0. The largest absolute Gasteiger partial charge is 0.505 e. The van der Waals surface area contributed by atoms with Crippen LogP contribution in [0.25, 0.3) is 31.7 Å². The number of pyridine rings is 2. The summed E-state index contributed by atoms with van der Waals surface area (Å²) in [5, 5.41) is 11.0. The molecule has 1 aliphatic rings. The Bertz CT molecular complexity index is 1860. The molecule has 1 saturated carbocycles. The second-order valence-corrected chi connectivity index (χ2v) is 10.8. The van der Waals surface area contributed by atoms with Crippen molar-refractivity contribution in [1.29, 1.82) is 0 Å². The Hall–Kier alpha value is -3.71. The summed E-state index contributed by atoms with van der Waals surface area (Å²) in [4.78, 5) is 25.8. The lowest BCUT2D eigenvalue weighted by atomic mass is 10.0. The van der Waals surface area contributed by atoms with E-state index in [1.165, 1.54) is 22.8 Å². The van der Waals surface area contributed by atoms with E-state index in [1.54, 1.807) is 0 Å². The van der Waals surface area contributed by atoms with Crippen molar-refractivity contribution in [1.82, 2.24) is 19.5 Å². The molecule has 4 heterocycles. The van der Waals surface area contributed by atoms with Crippen LogP contribution in [0.1, 0.15) is 41.3 Å². The van der Waals surface area contributed by atoms with Crippen molar-refractivity contribution in [2.24, 2.45) is 0 Å². The van der Waals surface area contributed by atoms with E-state index in [9.17, 15) is 36.2 Å². The number of nitrogens with zero attached hydrogens (tertiary/aromatic N) is 4. The number of alkyl halides is 6. The fourth-order valence-electron chi connectivity index (χ4n) is 4.55. The van der Waals surface area contributed by atoms with E-state index < -0.39 is 29.3 Å². The molecular formula is C26H15ClF6N4O2S. The second kappa shape index (κ2) is 9.16. The second-order valence-electron chi connectivity index (χ2n) is 9.36. The molecule has 6 rings (SSSR count). The summed E-state index contributed by atoms with van der Waals surface area (Å²) in [6.45, 7) is -0.274. The van der Waals surface area contributed by atoms with E-state index in [1.807, 2.05) is 0 Å². The van der Waals surface area contributed by atoms with Gasteiger partial charge in [-0.05, 0) is 48.1 Å². The first-order valence-electron chi connectivity index (χ1n) is 11.8. The highest BCUT2D eigenvalue weighted by atomic mass is 35.5. The van der Waals surface area contributed by atoms with Gasteiger partial charge in [0.2, 0.25) is 0 Å². The minimum absolute atomic E-state index is 0.00216. The van der Waals surface area contributed by atoms with Crippen molar-refractivity contribution in [2.75, 3.05) is 0 Å². The van der Waals surface area contributed by atoms with E-state index in [0.717, 1.165) is 35.9 Å². The van der Waals surface area contributed by atoms with Crippen LogP contribution in [0.4, 0.5) is 26.3 Å². The van der Waals surface area contributed by atoms with Gasteiger partial charge in [0.1, 0.15) is 22.0 Å². The number of halogens is 7. The molecule has 0 amide bonds. The van der Waals surface area contributed by atoms with E-state index in [2.05, 4.69) is 15.0 Å². The molecule has 0 bridgehead atoms. The van der Waals surface area contributed by atoms with Crippen LogP contribution in [0.5, 0.6) is 5.75 Å². The third kappa shape index (κ3) is 4.56. The Kier molecular flexibility index (Phi) is 6.07. The van der Waals surface area contributed by atoms with Gasteiger partial charge in [0.05, 0.1) is 21.7 Å². The number of aromatic hydroxyl groups is 1. The molecular weight excluding hydrogens is 582 g/mol. The van der Waals surface area contributed by atoms with E-state index in [4.69, 9.17) is 11.6 Å². The molecule has 6 nitrogen and oxygen atoms in total. The summed E-state index contributed by atoms with van der Waals surface area (Å²) in [6, 6.07) is 5.84. The number of thiophene rings is 1. The lowest BCUT2D eigenvalue weighted by molar-refractivity contribution is -0.142. The van der Waals surface area contributed by atoms with Crippen molar-refractivity contribution in [3.63, 3.8) is 0 Å². The Morgan fingerprint density at radius 3 is 2.33 bits per heavy atom. The summed E-state index contributed by atoms with van der Waals surface area (Å²) < 4.78 is 81.0. The number of fused-ring (bicyclic) bond motifs is 3. The number of rotatable bonds is 4. The highest BCUT2D eigenvalue weighted by Gasteiger charge is 2.37. The van der Waals surface area contributed by atoms with Gasteiger partial charge in [0.15, 0.2) is 5.75 Å². The van der Waals surface area contributed by atoms with Crippen LogP contribution < -0.4 is 5.56 Å². The molecule has 0 saturated heterocycles. The summed E-state index contributed by atoms with van der Waals surface area (Å²) in [5.41, 5.74) is -2.04. The lowest BCUT2D eigenvalue weighted by Crippen LogP contribution is -2.24. The zero-order valence-electron chi connectivity index (χ0n) is 19.9. The molecule has 0 radical (unpaired) electrons. The van der Waals surface area contributed by atoms with E-state index in [-0.39, 0.29) is 50.4 Å². The van der Waals surface area contributed by atoms with Crippen LogP contribution in [-0.4, -0.2) is 24.6 Å². The first kappa shape index (κ1) is 26.5. The molecule has 5 aromatic rings. The molecule has 4 aromatic heterocycles. The Morgan fingerprint density at radius 2 is 1.70 bits per heavy atom. The molecule has 0 spiro atoms. The predicted octanol–water partition coefficient (Wildman–Crippen LogP) is 7.39. The maximum Gasteiger partial charge on any atom is 0.433 e. The van der Waals surface area contributed by atoms with Gasteiger partial charge < -0.3 is 5.11 Å². The number of phenols is 1. The maximum absolute atomic E-state index is 14.0. The van der Waals surface area contributed by atoms with Gasteiger partial charge in [-0.15, -0.1) is 11.3 Å². The van der Waals surface area contributed by atoms with Crippen molar-refractivity contribution in [2.45, 2.75) is 37.7 Å². The topological polar surface area (TPSA) is 80.9 Å². The SMILES string of the molecule is O=c1c2c(nc(-c3cnc(C(F)(F)F)cc3C3CC3)n1Cc1ccc(C(F)(F)F)nc1)sc1c(O)c(Cl)ccc12. The zero-order chi connectivity index (χ0) is 28.6. The molecule has 0 atom stereocenters. The van der Waals surface area contributed by atoms with Crippen molar-refractivity contribution >= 4 is 43.2 Å². The van der Waals surface area contributed by atoms with Crippen LogP contribution in [0.2, 0.25) is 5.02 Å². The standard InChI is InChI=1S/C26H15ClF6N4O2S/c27-16-5-4-13-19-23(40-21(13)20(16)38)36-22(15-9-35-18(26(31,32)33)7-14(15)12-2-3-12)37(24(19)39)10-11-1-6-17(34-8-11)25(28,29)30/h1,4-9,12,38H,2-3,10H2. The number of benzene rings is 1. The fourth-order valence-corrected chi connectivity index (χ4v) is 5.87. The Balaban J connectivity index is 1.61. The fraction of sp³-hybridized carbons (Fsp3) is 0.231. The monoisotopic (exact) mass is 596 g/mol. The molecule has 1 aromatic carbocycles. The van der Waals surface area contributed by atoms with Gasteiger partial charge in [0, 0.05) is 23.3 Å². The molecule has 206 valence electrons. The summed E-state index contributed by atoms with van der Waals surface area (Å²) in [7, 11) is 0. The van der Waals surface area contributed by atoms with Gasteiger partial charge in [0.25, 0.3) is 5.56 Å². The molecule has 14 heteroatoms. The van der Waals surface area contributed by atoms with Gasteiger partial charge in [-0.25, -0.2) is 4.98 Å². The van der Waals surface area contributed by atoms with Crippen LogP contribution in [-0.2, 0) is 18.9 Å². The minimum Gasteiger partial charge on any atom is -0.505 e. The van der Waals surface area contributed by atoms with Crippen molar-refractivity contribution < 1.29 is 31.4 Å². The average molecular weight is 597 g/mol. The number of hydrogen-bond donors (Lipinski definition) is 1. The normalized spacial score (nSPS) is 14.4. The quantitative estimate of drug-likeness (QED) is 0.219. The first-order valence-corrected chi connectivity index (χ1v) is 13.0. The van der Waals surface area contributed by atoms with Crippen molar-refractivity contribution in [3.8, 4) is 17.1 Å². The molecule has 0 aliphatic heterocycles. The number of hydrogen-bond acceptors (Lipinski definition) is 6. The van der Waals surface area contributed by atoms with Gasteiger partial charge in [-0.2, -0.15) is 26.3 Å². The minimum atomic E-state index is -4.69. The lowest BCUT2D eigenvalue weighted by Gasteiger charge is -2.17. The molecule has 1 fully saturated rings. The van der Waals surface area contributed by atoms with Gasteiger partial charge >= 0.3 is 12.4 Å². The molecule has 0 unspecified atom stereocenters. The number of aromatic nitrogens is 4. The Labute approximate surface area is 229 Å². The Morgan fingerprint density at radius 1 is 1.00 bits per heavy atom. The first-order chi connectivity index (χ1) is 18.8. The third-order valence-corrected chi connectivity index (χ3v) is 8.04. The van der Waals surface area contributed by atoms with E-state index >= 15 is 0 Å². The summed E-state index contributed by atoms with van der Waals surface area (Å²) in [5.74, 6) is -0.452. The van der Waals surface area contributed by atoms with Crippen molar-refractivity contribution in [3.05, 3.63) is 80.6 Å². The predicted molar refractivity (Wildman–Crippen MR) is 137 cm³/mol. The van der Waals surface area contributed by atoms with Gasteiger partial charge in [-0.3, -0.25) is 19.3 Å². The van der Waals surface area contributed by atoms with Crippen LogP contribution >= 0.6 is 22.9 Å². The molecule has 1 N–H and O–H groups in total. The third-order valence-electron chi connectivity index (χ3n) is 6.63. The number of phenolic OH excluding ortho intramolecular Hbond substituents is 1. The summed E-state index contributed by atoms with van der Waals surface area (Å²) >= 11 is 7.03. The highest BCUT2D eigenvalue weighted by molar-refractivity contribution is 7.25. The molecule has 1 aliphatic carbocycles. The van der Waals surface area contributed by atoms with Crippen LogP contribution in [0.15, 0.2) is 47.5 Å². The zero-order valence-corrected chi connectivity index (χ0v) is 21.5. The van der Waals surface area contributed by atoms with E-state index in [0.29, 0.717) is 28.5 Å². The average Bonchev–Trinajstić information content (AvgIpc) is 3.67. The highest BCUT2D eigenvalue weighted by Crippen LogP contribution is 2.46. The molecule has 40 heavy (non-hydrogen) atoms. The van der Waals surface area contributed by atoms with Crippen LogP contribution in [0, 0.1) is 0 Å². The van der Waals surface area contributed by atoms with Gasteiger partial charge in [-0.1, -0.05) is 23.7 Å². The summed E-state index contributed by atoms with van der Waals surface area (Å²) in [6.07, 6.45) is -6.07.